The molecule has 0 saturated carbocycles. The summed E-state index contributed by atoms with van der Waals surface area (Å²) in [5, 5.41) is 10.4. The monoisotopic (exact) mass is 301 g/mol. The number of amides is 1. The number of hydrogen-bond acceptors (Lipinski definition) is 5. The van der Waals surface area contributed by atoms with Gasteiger partial charge in [0, 0.05) is 13.1 Å². The van der Waals surface area contributed by atoms with Crippen molar-refractivity contribution in [2.45, 2.75) is 58.7 Å². The van der Waals surface area contributed by atoms with Crippen LogP contribution >= 0.6 is 0 Å². The van der Waals surface area contributed by atoms with E-state index in [0.29, 0.717) is 19.4 Å². The molecule has 21 heavy (non-hydrogen) atoms. The molecule has 122 valence electrons. The standard InChI is InChI=1S/C15H27NO5/c1-13(2,3)21-12(18)16-9-7-8-15(10-16,11(17)20-6)14(4,5)19/h19H,7-10H2,1-6H3/t15-/m1/s1. The fourth-order valence-corrected chi connectivity index (χ4v) is 2.65. The summed E-state index contributed by atoms with van der Waals surface area (Å²) in [7, 11) is 1.29. The van der Waals surface area contributed by atoms with E-state index >= 15 is 0 Å². The normalized spacial score (nSPS) is 23.7. The third kappa shape index (κ3) is 3.87. The van der Waals surface area contributed by atoms with Gasteiger partial charge in [-0.2, -0.15) is 0 Å². The van der Waals surface area contributed by atoms with Crippen LogP contribution < -0.4 is 0 Å². The Morgan fingerprint density at radius 1 is 1.19 bits per heavy atom. The maximum absolute atomic E-state index is 12.2. The van der Waals surface area contributed by atoms with Crippen LogP contribution in [0.1, 0.15) is 47.5 Å². The second-order valence-electron chi connectivity index (χ2n) is 7.14. The maximum atomic E-state index is 12.2. The molecule has 0 aromatic carbocycles. The van der Waals surface area contributed by atoms with Crippen LogP contribution in [0.5, 0.6) is 0 Å². The van der Waals surface area contributed by atoms with Gasteiger partial charge in [-0.3, -0.25) is 4.79 Å². The highest BCUT2D eigenvalue weighted by Crippen LogP contribution is 2.41. The van der Waals surface area contributed by atoms with E-state index in [2.05, 4.69) is 0 Å². The second kappa shape index (κ2) is 5.83. The van der Waals surface area contributed by atoms with Crippen LogP contribution in [0.15, 0.2) is 0 Å². The molecule has 1 amide bonds. The number of esters is 1. The highest BCUT2D eigenvalue weighted by molar-refractivity contribution is 5.80. The molecular weight excluding hydrogens is 274 g/mol. The Hall–Kier alpha value is -1.30. The van der Waals surface area contributed by atoms with Crippen LogP contribution in [0, 0.1) is 5.41 Å². The molecule has 0 unspecified atom stereocenters. The largest absolute Gasteiger partial charge is 0.468 e. The van der Waals surface area contributed by atoms with Gasteiger partial charge < -0.3 is 19.5 Å². The summed E-state index contributed by atoms with van der Waals surface area (Å²) < 4.78 is 10.2. The first-order valence-corrected chi connectivity index (χ1v) is 7.22. The zero-order chi connectivity index (χ0) is 16.5. The average Bonchev–Trinajstić information content (AvgIpc) is 2.34. The highest BCUT2D eigenvalue weighted by Gasteiger charge is 2.54. The van der Waals surface area contributed by atoms with Crippen molar-refractivity contribution in [1.29, 1.82) is 0 Å². The molecule has 1 saturated heterocycles. The Labute approximate surface area is 126 Å². The van der Waals surface area contributed by atoms with Crippen molar-refractivity contribution in [1.82, 2.24) is 4.90 Å². The van der Waals surface area contributed by atoms with Crippen LogP contribution in [0.25, 0.3) is 0 Å². The van der Waals surface area contributed by atoms with E-state index < -0.39 is 28.7 Å². The second-order valence-corrected chi connectivity index (χ2v) is 7.14. The van der Waals surface area contributed by atoms with Crippen molar-refractivity contribution in [3.05, 3.63) is 0 Å². The number of nitrogens with zero attached hydrogens (tertiary/aromatic N) is 1. The maximum Gasteiger partial charge on any atom is 0.410 e. The molecule has 0 radical (unpaired) electrons. The molecule has 1 rings (SSSR count). The average molecular weight is 301 g/mol. The number of ether oxygens (including phenoxy) is 2. The van der Waals surface area contributed by atoms with Crippen molar-refractivity contribution in [2.24, 2.45) is 5.41 Å². The van der Waals surface area contributed by atoms with Gasteiger partial charge in [-0.15, -0.1) is 0 Å². The number of carbonyl (C=O) groups excluding carboxylic acids is 2. The van der Waals surface area contributed by atoms with Crippen molar-refractivity contribution >= 4 is 12.1 Å². The Bertz CT molecular complexity index is 407. The van der Waals surface area contributed by atoms with Crippen molar-refractivity contribution in [3.8, 4) is 0 Å². The molecule has 1 fully saturated rings. The van der Waals surface area contributed by atoms with E-state index in [1.807, 2.05) is 0 Å². The smallest absolute Gasteiger partial charge is 0.410 e. The Kier molecular flexibility index (Phi) is 4.93. The Morgan fingerprint density at radius 2 is 1.76 bits per heavy atom. The van der Waals surface area contributed by atoms with E-state index in [0.717, 1.165) is 0 Å². The predicted octanol–water partition coefficient (Wildman–Crippen LogP) is 1.95. The molecule has 0 aromatic rings. The van der Waals surface area contributed by atoms with Crippen molar-refractivity contribution < 1.29 is 24.2 Å². The Balaban J connectivity index is 3.00. The molecule has 1 aliphatic rings. The van der Waals surface area contributed by atoms with E-state index in [1.165, 1.54) is 12.0 Å². The molecular formula is C15H27NO5. The van der Waals surface area contributed by atoms with E-state index in [4.69, 9.17) is 9.47 Å². The number of piperidine rings is 1. The summed E-state index contributed by atoms with van der Waals surface area (Å²) >= 11 is 0. The van der Waals surface area contributed by atoms with Gasteiger partial charge in [0.15, 0.2) is 0 Å². The molecule has 1 N–H and O–H groups in total. The molecule has 1 atom stereocenters. The quantitative estimate of drug-likeness (QED) is 0.789. The van der Waals surface area contributed by atoms with Crippen molar-refractivity contribution in [3.63, 3.8) is 0 Å². The van der Waals surface area contributed by atoms with Gasteiger partial charge >= 0.3 is 12.1 Å². The predicted molar refractivity (Wildman–Crippen MR) is 77.8 cm³/mol. The van der Waals surface area contributed by atoms with Crippen LogP contribution in [-0.4, -0.2) is 53.5 Å². The van der Waals surface area contributed by atoms with Gasteiger partial charge in [-0.1, -0.05) is 0 Å². The number of aliphatic hydroxyl groups is 1. The van der Waals surface area contributed by atoms with E-state index in [-0.39, 0.29) is 6.54 Å². The molecule has 0 bridgehead atoms. The van der Waals surface area contributed by atoms with Crippen molar-refractivity contribution in [2.75, 3.05) is 20.2 Å². The third-order valence-electron chi connectivity index (χ3n) is 3.89. The van der Waals surface area contributed by atoms with Crippen LogP contribution in [-0.2, 0) is 14.3 Å². The lowest BCUT2D eigenvalue weighted by atomic mass is 9.68. The number of hydrogen-bond donors (Lipinski definition) is 1. The van der Waals surface area contributed by atoms with Gasteiger partial charge in [-0.25, -0.2) is 4.79 Å². The topological polar surface area (TPSA) is 76.1 Å². The summed E-state index contributed by atoms with van der Waals surface area (Å²) in [6.45, 7) is 9.11. The molecule has 0 aromatic heterocycles. The van der Waals surface area contributed by atoms with Crippen LogP contribution in [0.4, 0.5) is 4.79 Å². The number of likely N-dealkylation sites (tertiary alicyclic amines) is 1. The summed E-state index contributed by atoms with van der Waals surface area (Å²) in [5.74, 6) is -0.497. The fourth-order valence-electron chi connectivity index (χ4n) is 2.65. The molecule has 6 nitrogen and oxygen atoms in total. The SMILES string of the molecule is COC(=O)[C@@]1(C(C)(C)O)CCCN(C(=O)OC(C)(C)C)C1. The molecule has 1 aliphatic heterocycles. The minimum atomic E-state index is -1.29. The van der Waals surface area contributed by atoms with Gasteiger partial charge in [0.05, 0.1) is 12.7 Å². The first-order valence-electron chi connectivity index (χ1n) is 7.22. The lowest BCUT2D eigenvalue weighted by Gasteiger charge is -2.47. The Morgan fingerprint density at radius 3 is 2.19 bits per heavy atom. The third-order valence-corrected chi connectivity index (χ3v) is 3.89. The zero-order valence-electron chi connectivity index (χ0n) is 13.9. The van der Waals surface area contributed by atoms with E-state index in [1.54, 1.807) is 34.6 Å². The van der Waals surface area contributed by atoms with Gasteiger partial charge in [0.2, 0.25) is 0 Å². The lowest BCUT2D eigenvalue weighted by Crippen LogP contribution is -2.60. The highest BCUT2D eigenvalue weighted by atomic mass is 16.6. The molecule has 0 aliphatic carbocycles. The summed E-state index contributed by atoms with van der Waals surface area (Å²) in [4.78, 5) is 25.9. The molecule has 6 heteroatoms. The summed E-state index contributed by atoms with van der Waals surface area (Å²) in [5.41, 5.74) is -3.02. The first kappa shape index (κ1) is 17.8. The first-order chi connectivity index (χ1) is 9.43. The van der Waals surface area contributed by atoms with Gasteiger partial charge in [-0.05, 0) is 47.5 Å². The zero-order valence-corrected chi connectivity index (χ0v) is 13.9. The lowest BCUT2D eigenvalue weighted by molar-refractivity contribution is -0.176. The summed E-state index contributed by atoms with van der Waals surface area (Å²) in [6, 6.07) is 0. The summed E-state index contributed by atoms with van der Waals surface area (Å²) in [6.07, 6.45) is 0.612. The number of methoxy groups -OCH3 is 1. The minimum absolute atomic E-state index is 0.0953. The fraction of sp³-hybridized carbons (Fsp3) is 0.867. The van der Waals surface area contributed by atoms with Gasteiger partial charge in [0.1, 0.15) is 11.0 Å². The molecule has 1 heterocycles. The number of carbonyl (C=O) groups is 2. The van der Waals surface area contributed by atoms with E-state index in [9.17, 15) is 14.7 Å². The van der Waals surface area contributed by atoms with Crippen LogP contribution in [0.3, 0.4) is 0 Å². The molecule has 0 spiro atoms. The number of rotatable bonds is 2. The minimum Gasteiger partial charge on any atom is -0.468 e. The van der Waals surface area contributed by atoms with Crippen LogP contribution in [0.2, 0.25) is 0 Å². The van der Waals surface area contributed by atoms with Gasteiger partial charge in [0.25, 0.3) is 0 Å².